The standard InChI is InChI=1S/C10H13N3O3/c1-6(2)5-13-9(14)7-8(10(15)16)12-4-3-11-7/h3-4,6H,5H2,1-2H3,(H,13,14)(H,15,16)/p-1. The van der Waals surface area contributed by atoms with Gasteiger partial charge in [-0.2, -0.15) is 0 Å². The van der Waals surface area contributed by atoms with Crippen LogP contribution in [-0.2, 0) is 0 Å². The van der Waals surface area contributed by atoms with Gasteiger partial charge in [0.25, 0.3) is 5.91 Å². The van der Waals surface area contributed by atoms with Gasteiger partial charge >= 0.3 is 0 Å². The number of rotatable bonds is 4. The van der Waals surface area contributed by atoms with Crippen LogP contribution in [0.4, 0.5) is 0 Å². The van der Waals surface area contributed by atoms with Crippen molar-refractivity contribution in [3.05, 3.63) is 23.8 Å². The predicted molar refractivity (Wildman–Crippen MR) is 53.5 cm³/mol. The van der Waals surface area contributed by atoms with Crippen molar-refractivity contribution < 1.29 is 14.7 Å². The van der Waals surface area contributed by atoms with E-state index in [-0.39, 0.29) is 11.6 Å². The van der Waals surface area contributed by atoms with E-state index in [0.717, 1.165) is 0 Å². The Morgan fingerprint density at radius 3 is 2.38 bits per heavy atom. The van der Waals surface area contributed by atoms with E-state index >= 15 is 0 Å². The highest BCUT2D eigenvalue weighted by Gasteiger charge is 2.14. The molecule has 6 nitrogen and oxygen atoms in total. The summed E-state index contributed by atoms with van der Waals surface area (Å²) in [7, 11) is 0. The van der Waals surface area contributed by atoms with Crippen LogP contribution >= 0.6 is 0 Å². The zero-order valence-electron chi connectivity index (χ0n) is 9.06. The van der Waals surface area contributed by atoms with Crippen molar-refractivity contribution in [3.8, 4) is 0 Å². The molecule has 1 amide bonds. The lowest BCUT2D eigenvalue weighted by molar-refractivity contribution is -0.255. The van der Waals surface area contributed by atoms with Gasteiger partial charge < -0.3 is 15.2 Å². The molecule has 0 aliphatic rings. The summed E-state index contributed by atoms with van der Waals surface area (Å²) in [4.78, 5) is 29.5. The molecule has 0 bridgehead atoms. The summed E-state index contributed by atoms with van der Waals surface area (Å²) >= 11 is 0. The minimum absolute atomic E-state index is 0.219. The number of amides is 1. The average molecular weight is 222 g/mol. The lowest BCUT2D eigenvalue weighted by atomic mass is 10.2. The molecule has 1 aromatic rings. The van der Waals surface area contributed by atoms with Crippen molar-refractivity contribution in [2.45, 2.75) is 13.8 Å². The Labute approximate surface area is 92.7 Å². The number of aromatic nitrogens is 2. The van der Waals surface area contributed by atoms with Gasteiger partial charge in [-0.05, 0) is 5.92 Å². The van der Waals surface area contributed by atoms with Crippen LogP contribution in [0.3, 0.4) is 0 Å². The number of carboxylic acid groups (broad SMARTS) is 1. The van der Waals surface area contributed by atoms with Crippen LogP contribution in [0, 0.1) is 5.92 Å². The molecule has 16 heavy (non-hydrogen) atoms. The topological polar surface area (TPSA) is 95.0 Å². The first kappa shape index (κ1) is 12.1. The molecule has 0 saturated carbocycles. The van der Waals surface area contributed by atoms with Crippen molar-refractivity contribution in [1.29, 1.82) is 0 Å². The van der Waals surface area contributed by atoms with Crippen LogP contribution in [0.1, 0.15) is 34.8 Å². The van der Waals surface area contributed by atoms with Crippen molar-refractivity contribution in [1.82, 2.24) is 15.3 Å². The molecule has 1 N–H and O–H groups in total. The van der Waals surface area contributed by atoms with Gasteiger partial charge in [0, 0.05) is 18.9 Å². The summed E-state index contributed by atoms with van der Waals surface area (Å²) in [6, 6.07) is 0. The number of nitrogens with zero attached hydrogens (tertiary/aromatic N) is 2. The van der Waals surface area contributed by atoms with Gasteiger partial charge in [0.1, 0.15) is 5.69 Å². The first-order chi connectivity index (χ1) is 7.52. The fourth-order valence-corrected chi connectivity index (χ4v) is 1.03. The second-order valence-corrected chi connectivity index (χ2v) is 3.64. The Morgan fingerprint density at radius 2 is 1.88 bits per heavy atom. The number of hydrogen-bond donors (Lipinski definition) is 1. The third kappa shape index (κ3) is 3.01. The monoisotopic (exact) mass is 222 g/mol. The summed E-state index contributed by atoms with van der Waals surface area (Å²) in [6.45, 7) is 4.30. The van der Waals surface area contributed by atoms with E-state index in [1.807, 2.05) is 13.8 Å². The molecule has 6 heteroatoms. The van der Waals surface area contributed by atoms with Crippen LogP contribution in [0.25, 0.3) is 0 Å². The normalized spacial score (nSPS) is 10.2. The molecule has 0 saturated heterocycles. The largest absolute Gasteiger partial charge is 0.543 e. The molecule has 0 spiro atoms. The van der Waals surface area contributed by atoms with E-state index in [0.29, 0.717) is 6.54 Å². The first-order valence-corrected chi connectivity index (χ1v) is 4.83. The molecule has 1 aromatic heterocycles. The number of carbonyl (C=O) groups excluding carboxylic acids is 2. The van der Waals surface area contributed by atoms with Crippen LogP contribution in [0.5, 0.6) is 0 Å². The van der Waals surface area contributed by atoms with E-state index < -0.39 is 17.6 Å². The second-order valence-electron chi connectivity index (χ2n) is 3.64. The van der Waals surface area contributed by atoms with E-state index in [9.17, 15) is 14.7 Å². The van der Waals surface area contributed by atoms with E-state index in [4.69, 9.17) is 0 Å². The Morgan fingerprint density at radius 1 is 1.31 bits per heavy atom. The van der Waals surface area contributed by atoms with Gasteiger partial charge in [-0.3, -0.25) is 9.78 Å². The Balaban J connectivity index is 2.86. The maximum atomic E-state index is 11.6. The van der Waals surface area contributed by atoms with Gasteiger partial charge in [-0.15, -0.1) is 0 Å². The maximum absolute atomic E-state index is 11.6. The smallest absolute Gasteiger partial charge is 0.272 e. The summed E-state index contributed by atoms with van der Waals surface area (Å²) in [5.41, 5.74) is -0.660. The van der Waals surface area contributed by atoms with Crippen molar-refractivity contribution in [3.63, 3.8) is 0 Å². The predicted octanol–water partition coefficient (Wildman–Crippen LogP) is -0.774. The summed E-state index contributed by atoms with van der Waals surface area (Å²) < 4.78 is 0. The van der Waals surface area contributed by atoms with Gasteiger partial charge in [0.15, 0.2) is 5.69 Å². The molecule has 0 radical (unpaired) electrons. The highest BCUT2D eigenvalue weighted by Crippen LogP contribution is 2.00. The van der Waals surface area contributed by atoms with E-state index in [1.54, 1.807) is 0 Å². The molecular formula is C10H12N3O3-. The number of nitrogens with one attached hydrogen (secondary N) is 1. The number of hydrogen-bond acceptors (Lipinski definition) is 5. The molecule has 0 aliphatic carbocycles. The highest BCUT2D eigenvalue weighted by molar-refractivity contribution is 6.01. The van der Waals surface area contributed by atoms with Gasteiger partial charge in [0.05, 0.1) is 5.97 Å². The summed E-state index contributed by atoms with van der Waals surface area (Å²) in [6.07, 6.45) is 2.46. The SMILES string of the molecule is CC(C)CNC(=O)c1nccnc1C(=O)[O-]. The molecule has 1 heterocycles. The first-order valence-electron chi connectivity index (χ1n) is 4.83. The van der Waals surface area contributed by atoms with Crippen molar-refractivity contribution >= 4 is 11.9 Å². The Kier molecular flexibility index (Phi) is 3.93. The molecule has 0 aliphatic heterocycles. The summed E-state index contributed by atoms with van der Waals surface area (Å²) in [5.74, 6) is -1.80. The van der Waals surface area contributed by atoms with E-state index in [2.05, 4.69) is 15.3 Å². The van der Waals surface area contributed by atoms with Gasteiger partial charge in [0.2, 0.25) is 0 Å². The zero-order chi connectivity index (χ0) is 12.1. The molecule has 0 aromatic carbocycles. The molecular weight excluding hydrogens is 210 g/mol. The van der Waals surface area contributed by atoms with Crippen LogP contribution in [0.2, 0.25) is 0 Å². The van der Waals surface area contributed by atoms with Crippen LogP contribution < -0.4 is 10.4 Å². The summed E-state index contributed by atoms with van der Waals surface area (Å²) in [5, 5.41) is 13.2. The minimum Gasteiger partial charge on any atom is -0.543 e. The quantitative estimate of drug-likeness (QED) is 0.721. The lowest BCUT2D eigenvalue weighted by Gasteiger charge is -2.09. The molecule has 0 atom stereocenters. The third-order valence-corrected chi connectivity index (χ3v) is 1.78. The van der Waals surface area contributed by atoms with Crippen LogP contribution in [-0.4, -0.2) is 28.4 Å². The Bertz CT molecular complexity index is 404. The van der Waals surface area contributed by atoms with Crippen LogP contribution in [0.15, 0.2) is 12.4 Å². The number of aromatic carboxylic acids is 1. The fraction of sp³-hybridized carbons (Fsp3) is 0.400. The molecule has 86 valence electrons. The second kappa shape index (κ2) is 5.20. The third-order valence-electron chi connectivity index (χ3n) is 1.78. The highest BCUT2D eigenvalue weighted by atomic mass is 16.4. The minimum atomic E-state index is -1.51. The van der Waals surface area contributed by atoms with Crippen molar-refractivity contribution in [2.75, 3.05) is 6.54 Å². The number of carboxylic acids is 1. The average Bonchev–Trinajstić information content (AvgIpc) is 2.25. The molecule has 1 rings (SSSR count). The zero-order valence-corrected chi connectivity index (χ0v) is 9.06. The Hall–Kier alpha value is -1.98. The van der Waals surface area contributed by atoms with E-state index in [1.165, 1.54) is 12.4 Å². The lowest BCUT2D eigenvalue weighted by Crippen LogP contribution is -2.33. The van der Waals surface area contributed by atoms with Gasteiger partial charge in [-0.1, -0.05) is 13.8 Å². The number of carbonyl (C=O) groups is 2. The van der Waals surface area contributed by atoms with Gasteiger partial charge in [-0.25, -0.2) is 4.98 Å². The molecule has 0 unspecified atom stereocenters. The maximum Gasteiger partial charge on any atom is 0.272 e. The van der Waals surface area contributed by atoms with Crippen molar-refractivity contribution in [2.24, 2.45) is 5.92 Å². The fourth-order valence-electron chi connectivity index (χ4n) is 1.03. The molecule has 0 fully saturated rings.